The molecule has 1 aromatic carbocycles. The molecule has 0 saturated heterocycles. The van der Waals surface area contributed by atoms with Crippen LogP contribution in [-0.4, -0.2) is 18.0 Å². The molecule has 0 aliphatic heterocycles. The lowest BCUT2D eigenvalue weighted by atomic mass is 10.2. The molecule has 3 N–H and O–H groups in total. The third kappa shape index (κ3) is 3.16. The van der Waals surface area contributed by atoms with Crippen molar-refractivity contribution in [2.75, 3.05) is 0 Å². The average molecular weight is 250 g/mol. The van der Waals surface area contributed by atoms with E-state index in [0.29, 0.717) is 6.07 Å². The molecule has 0 aliphatic rings. The summed E-state index contributed by atoms with van der Waals surface area (Å²) < 4.78 is 52.4. The third-order valence-corrected chi connectivity index (χ3v) is 1.68. The van der Waals surface area contributed by atoms with Crippen LogP contribution in [-0.2, 0) is 4.79 Å². The highest BCUT2D eigenvalue weighted by Gasteiger charge is 2.41. The Morgan fingerprint density at radius 1 is 1.35 bits per heavy atom. The van der Waals surface area contributed by atoms with Crippen LogP contribution in [0.3, 0.4) is 0 Å². The zero-order valence-electron chi connectivity index (χ0n) is 8.14. The number of amidine groups is 1. The Kier molecular flexibility index (Phi) is 3.35. The van der Waals surface area contributed by atoms with Gasteiger partial charge in [-0.2, -0.15) is 13.2 Å². The Morgan fingerprint density at radius 2 is 1.94 bits per heavy atom. The smallest absolute Gasteiger partial charge is 0.417 e. The van der Waals surface area contributed by atoms with Gasteiger partial charge in [0.15, 0.2) is 11.6 Å². The van der Waals surface area contributed by atoms with Gasteiger partial charge in [-0.05, 0) is 18.2 Å². The number of carbonyl (C=O) groups is 1. The number of rotatable bonds is 2. The monoisotopic (exact) mass is 250 g/mol. The second kappa shape index (κ2) is 4.40. The van der Waals surface area contributed by atoms with Gasteiger partial charge < -0.3 is 10.5 Å². The van der Waals surface area contributed by atoms with E-state index in [1.54, 1.807) is 0 Å². The molecule has 17 heavy (non-hydrogen) atoms. The van der Waals surface area contributed by atoms with Crippen molar-refractivity contribution in [2.24, 2.45) is 5.73 Å². The molecule has 0 aliphatic carbocycles. The minimum Gasteiger partial charge on any atom is -0.417 e. The molecule has 8 heteroatoms. The van der Waals surface area contributed by atoms with E-state index in [1.807, 2.05) is 0 Å². The minimum absolute atomic E-state index is 0.0330. The maximum atomic E-state index is 13.2. The van der Waals surface area contributed by atoms with E-state index < -0.39 is 29.5 Å². The first-order valence-electron chi connectivity index (χ1n) is 4.15. The summed E-state index contributed by atoms with van der Waals surface area (Å²) in [4.78, 5) is 10.4. The fourth-order valence-electron chi connectivity index (χ4n) is 0.909. The molecule has 0 unspecified atom stereocenters. The lowest BCUT2D eigenvalue weighted by molar-refractivity contribution is -0.189. The van der Waals surface area contributed by atoms with E-state index in [9.17, 15) is 22.4 Å². The van der Waals surface area contributed by atoms with Gasteiger partial charge >= 0.3 is 12.1 Å². The quantitative estimate of drug-likeness (QED) is 0.275. The molecule has 1 aromatic rings. The van der Waals surface area contributed by atoms with Gasteiger partial charge in [0.25, 0.3) is 0 Å². The zero-order valence-corrected chi connectivity index (χ0v) is 8.14. The predicted molar refractivity (Wildman–Crippen MR) is 49.1 cm³/mol. The highest BCUT2D eigenvalue weighted by Crippen LogP contribution is 2.23. The number of nitrogens with one attached hydrogen (secondary N) is 1. The molecule has 0 fully saturated rings. The van der Waals surface area contributed by atoms with Crippen LogP contribution in [0.4, 0.5) is 17.6 Å². The number of alkyl halides is 3. The number of nitrogen functional groups attached to an aromatic ring is 1. The standard InChI is InChI=1S/C9H6F4N2O2/c10-5-3-4(7(14)15)1-2-6(5)17-8(16)9(11,12)13/h1-3H,(H3,14,15). The van der Waals surface area contributed by atoms with Gasteiger partial charge in [-0.3, -0.25) is 5.41 Å². The molecular formula is C9H6F4N2O2. The molecule has 0 atom stereocenters. The molecule has 0 radical (unpaired) electrons. The Balaban J connectivity index is 2.95. The van der Waals surface area contributed by atoms with Crippen LogP contribution in [0.15, 0.2) is 18.2 Å². The van der Waals surface area contributed by atoms with E-state index in [2.05, 4.69) is 4.74 Å². The van der Waals surface area contributed by atoms with Gasteiger partial charge in [-0.1, -0.05) is 0 Å². The van der Waals surface area contributed by atoms with Crippen LogP contribution < -0.4 is 10.5 Å². The summed E-state index contributed by atoms with van der Waals surface area (Å²) in [6.45, 7) is 0. The second-order valence-corrected chi connectivity index (χ2v) is 2.95. The van der Waals surface area contributed by atoms with Crippen LogP contribution in [0.25, 0.3) is 0 Å². The molecule has 0 aromatic heterocycles. The molecule has 0 saturated carbocycles. The number of ether oxygens (including phenoxy) is 1. The van der Waals surface area contributed by atoms with Crippen molar-refractivity contribution in [1.82, 2.24) is 0 Å². The Morgan fingerprint density at radius 3 is 2.35 bits per heavy atom. The highest BCUT2D eigenvalue weighted by molar-refractivity contribution is 5.95. The fourth-order valence-corrected chi connectivity index (χ4v) is 0.909. The molecule has 92 valence electrons. The second-order valence-electron chi connectivity index (χ2n) is 2.95. The van der Waals surface area contributed by atoms with Crippen LogP contribution in [0.5, 0.6) is 5.75 Å². The number of carbonyl (C=O) groups excluding carboxylic acids is 1. The van der Waals surface area contributed by atoms with Crippen molar-refractivity contribution in [2.45, 2.75) is 6.18 Å². The lowest BCUT2D eigenvalue weighted by Gasteiger charge is -2.08. The van der Waals surface area contributed by atoms with E-state index in [0.717, 1.165) is 12.1 Å². The van der Waals surface area contributed by atoms with Crippen molar-refractivity contribution in [1.29, 1.82) is 5.41 Å². The minimum atomic E-state index is -5.20. The summed E-state index contributed by atoms with van der Waals surface area (Å²) in [5.41, 5.74) is 5.00. The van der Waals surface area contributed by atoms with Crippen molar-refractivity contribution in [3.8, 4) is 5.75 Å². The van der Waals surface area contributed by atoms with Gasteiger partial charge in [0.1, 0.15) is 5.84 Å². The van der Waals surface area contributed by atoms with E-state index in [1.165, 1.54) is 0 Å². The predicted octanol–water partition coefficient (Wildman–Crippen LogP) is 1.58. The zero-order chi connectivity index (χ0) is 13.2. The van der Waals surface area contributed by atoms with Crippen molar-refractivity contribution in [3.63, 3.8) is 0 Å². The first kappa shape index (κ1) is 12.9. The van der Waals surface area contributed by atoms with Gasteiger partial charge in [0, 0.05) is 5.56 Å². The molecule has 0 bridgehead atoms. The van der Waals surface area contributed by atoms with Crippen LogP contribution in [0.1, 0.15) is 5.56 Å². The number of halogens is 4. The van der Waals surface area contributed by atoms with Crippen LogP contribution in [0, 0.1) is 11.2 Å². The SMILES string of the molecule is N=C(N)c1ccc(OC(=O)C(F)(F)F)c(F)c1. The van der Waals surface area contributed by atoms with E-state index >= 15 is 0 Å². The Bertz CT molecular complexity index is 471. The average Bonchev–Trinajstić information content (AvgIpc) is 2.19. The third-order valence-electron chi connectivity index (χ3n) is 1.68. The summed E-state index contributed by atoms with van der Waals surface area (Å²) in [5, 5.41) is 6.97. The fraction of sp³-hybridized carbons (Fsp3) is 0.111. The van der Waals surface area contributed by atoms with Crippen molar-refractivity contribution < 1.29 is 27.1 Å². The van der Waals surface area contributed by atoms with Gasteiger partial charge in [0.05, 0.1) is 0 Å². The normalized spacial score (nSPS) is 11.1. The van der Waals surface area contributed by atoms with Gasteiger partial charge in [-0.15, -0.1) is 0 Å². The topological polar surface area (TPSA) is 76.2 Å². The first-order chi connectivity index (χ1) is 7.71. The Hall–Kier alpha value is -2.12. The number of hydrogen-bond acceptors (Lipinski definition) is 3. The Labute approximate surface area is 92.5 Å². The van der Waals surface area contributed by atoms with Crippen LogP contribution >= 0.6 is 0 Å². The maximum Gasteiger partial charge on any atom is 0.491 e. The number of benzene rings is 1. The molecule has 4 nitrogen and oxygen atoms in total. The highest BCUT2D eigenvalue weighted by atomic mass is 19.4. The lowest BCUT2D eigenvalue weighted by Crippen LogP contribution is -2.28. The molecule has 0 amide bonds. The molecule has 1 rings (SSSR count). The largest absolute Gasteiger partial charge is 0.491 e. The summed E-state index contributed by atoms with van der Waals surface area (Å²) in [6, 6.07) is 2.54. The summed E-state index contributed by atoms with van der Waals surface area (Å²) in [7, 11) is 0. The first-order valence-corrected chi connectivity index (χ1v) is 4.15. The van der Waals surface area contributed by atoms with E-state index in [4.69, 9.17) is 11.1 Å². The van der Waals surface area contributed by atoms with E-state index in [-0.39, 0.29) is 5.56 Å². The van der Waals surface area contributed by atoms with Crippen LogP contribution in [0.2, 0.25) is 0 Å². The molecule has 0 spiro atoms. The summed E-state index contributed by atoms with van der Waals surface area (Å²) in [5.74, 6) is -5.07. The van der Waals surface area contributed by atoms with Gasteiger partial charge in [-0.25, -0.2) is 9.18 Å². The summed E-state index contributed by atoms with van der Waals surface area (Å²) in [6.07, 6.45) is -5.20. The summed E-state index contributed by atoms with van der Waals surface area (Å²) >= 11 is 0. The van der Waals surface area contributed by atoms with Crippen molar-refractivity contribution >= 4 is 11.8 Å². The molecular weight excluding hydrogens is 244 g/mol. The van der Waals surface area contributed by atoms with Gasteiger partial charge in [0.2, 0.25) is 0 Å². The molecule has 0 heterocycles. The number of hydrogen-bond donors (Lipinski definition) is 2. The number of nitrogens with two attached hydrogens (primary N) is 1. The maximum absolute atomic E-state index is 13.2. The number of esters is 1. The van der Waals surface area contributed by atoms with Crippen molar-refractivity contribution in [3.05, 3.63) is 29.6 Å².